The molecule has 1 heterocycles. The fourth-order valence-corrected chi connectivity index (χ4v) is 5.17. The van der Waals surface area contributed by atoms with Crippen molar-refractivity contribution < 1.29 is 24.2 Å². The largest absolute Gasteiger partial charge is 0.481 e. The number of carboxylic acid groups (broad SMARTS) is 1. The van der Waals surface area contributed by atoms with Gasteiger partial charge >= 0.3 is 12.1 Å². The van der Waals surface area contributed by atoms with Gasteiger partial charge in [-0.2, -0.15) is 0 Å². The summed E-state index contributed by atoms with van der Waals surface area (Å²) >= 11 is 0. The van der Waals surface area contributed by atoms with Crippen LogP contribution in [0.2, 0.25) is 0 Å². The van der Waals surface area contributed by atoms with Crippen molar-refractivity contribution in [1.82, 2.24) is 10.2 Å². The number of amides is 2. The summed E-state index contributed by atoms with van der Waals surface area (Å²) in [6.07, 6.45) is 2.64. The number of hydrogen-bond donors (Lipinski definition) is 2. The van der Waals surface area contributed by atoms with Gasteiger partial charge in [0.25, 0.3) is 0 Å². The number of ether oxygens (including phenoxy) is 1. The van der Waals surface area contributed by atoms with Crippen molar-refractivity contribution in [1.29, 1.82) is 0 Å². The lowest BCUT2D eigenvalue weighted by Crippen LogP contribution is -2.47. The van der Waals surface area contributed by atoms with E-state index in [-0.39, 0.29) is 43.4 Å². The van der Waals surface area contributed by atoms with E-state index in [9.17, 15) is 19.5 Å². The maximum absolute atomic E-state index is 12.9. The number of carbonyl (C=O) groups is 3. The average molecular weight is 465 g/mol. The Balaban J connectivity index is 1.34. The molecule has 180 valence electrons. The Hall–Kier alpha value is -3.35. The molecule has 2 atom stereocenters. The van der Waals surface area contributed by atoms with Crippen LogP contribution >= 0.6 is 0 Å². The van der Waals surface area contributed by atoms with E-state index in [0.29, 0.717) is 19.4 Å². The first-order valence-corrected chi connectivity index (χ1v) is 12.1. The molecule has 2 aromatic carbocycles. The van der Waals surface area contributed by atoms with Crippen molar-refractivity contribution >= 4 is 18.0 Å². The maximum Gasteiger partial charge on any atom is 0.407 e. The first-order chi connectivity index (χ1) is 16.5. The minimum atomic E-state index is -0.895. The van der Waals surface area contributed by atoms with Crippen molar-refractivity contribution in [2.45, 2.75) is 63.5 Å². The molecule has 0 saturated carbocycles. The number of aliphatic carboxylic acids is 1. The van der Waals surface area contributed by atoms with Crippen LogP contribution in [0.4, 0.5) is 4.79 Å². The predicted octanol–water partition coefficient (Wildman–Crippen LogP) is 4.55. The molecule has 0 bridgehead atoms. The monoisotopic (exact) mass is 464 g/mol. The molecule has 2 amide bonds. The zero-order valence-electron chi connectivity index (χ0n) is 19.5. The van der Waals surface area contributed by atoms with Gasteiger partial charge in [0.2, 0.25) is 5.91 Å². The highest BCUT2D eigenvalue weighted by Gasteiger charge is 2.31. The summed E-state index contributed by atoms with van der Waals surface area (Å²) < 4.78 is 5.62. The summed E-state index contributed by atoms with van der Waals surface area (Å²) in [6.45, 7) is 2.70. The third kappa shape index (κ3) is 5.24. The first kappa shape index (κ1) is 23.8. The van der Waals surface area contributed by atoms with Gasteiger partial charge in [0.15, 0.2) is 0 Å². The van der Waals surface area contributed by atoms with E-state index in [1.807, 2.05) is 31.2 Å². The van der Waals surface area contributed by atoms with Crippen LogP contribution < -0.4 is 5.32 Å². The fraction of sp³-hybridized carbons (Fsp3) is 0.444. The Morgan fingerprint density at radius 2 is 1.71 bits per heavy atom. The first-order valence-electron chi connectivity index (χ1n) is 12.1. The Bertz CT molecular complexity index is 1010. The highest BCUT2D eigenvalue weighted by molar-refractivity contribution is 5.80. The third-order valence-electron chi connectivity index (χ3n) is 6.94. The number of carboxylic acids is 1. The number of carbonyl (C=O) groups excluding carboxylic acids is 2. The molecule has 1 aliphatic heterocycles. The van der Waals surface area contributed by atoms with E-state index in [2.05, 4.69) is 29.6 Å². The topological polar surface area (TPSA) is 95.9 Å². The molecule has 7 nitrogen and oxygen atoms in total. The number of rotatable bonds is 8. The minimum Gasteiger partial charge on any atom is -0.481 e. The molecule has 1 aliphatic carbocycles. The molecule has 2 N–H and O–H groups in total. The number of nitrogens with one attached hydrogen (secondary N) is 1. The van der Waals surface area contributed by atoms with Gasteiger partial charge in [-0.3, -0.25) is 9.59 Å². The van der Waals surface area contributed by atoms with Crippen molar-refractivity contribution in [3.63, 3.8) is 0 Å². The molecule has 0 radical (unpaired) electrons. The van der Waals surface area contributed by atoms with Crippen LogP contribution in [0.15, 0.2) is 48.5 Å². The average Bonchev–Trinajstić information content (AvgIpc) is 3.16. The number of benzene rings is 2. The second-order valence-electron chi connectivity index (χ2n) is 9.11. The zero-order chi connectivity index (χ0) is 24.1. The van der Waals surface area contributed by atoms with Crippen LogP contribution in [0.3, 0.4) is 0 Å². The minimum absolute atomic E-state index is 0.0232. The van der Waals surface area contributed by atoms with Crippen LogP contribution in [-0.2, 0) is 14.3 Å². The molecule has 0 spiro atoms. The number of fused-ring (bicyclic) bond motifs is 3. The SMILES string of the molecule is CC[C@H](CC(=O)N1CCCC[C@H]1CC(=O)O)NC(=O)OCC1c2ccccc2-c2ccccc21. The van der Waals surface area contributed by atoms with Crippen molar-refractivity contribution in [3.05, 3.63) is 59.7 Å². The molecular weight excluding hydrogens is 432 g/mol. The van der Waals surface area contributed by atoms with Crippen LogP contribution in [0.5, 0.6) is 0 Å². The maximum atomic E-state index is 12.9. The summed E-state index contributed by atoms with van der Waals surface area (Å²) in [4.78, 5) is 38.4. The quantitative estimate of drug-likeness (QED) is 0.598. The third-order valence-corrected chi connectivity index (χ3v) is 6.94. The zero-order valence-corrected chi connectivity index (χ0v) is 19.5. The molecule has 7 heteroatoms. The second kappa shape index (κ2) is 10.7. The summed E-state index contributed by atoms with van der Waals surface area (Å²) in [6, 6.07) is 15.7. The van der Waals surface area contributed by atoms with Crippen LogP contribution in [-0.4, -0.2) is 53.2 Å². The van der Waals surface area contributed by atoms with Gasteiger partial charge in [-0.1, -0.05) is 55.5 Å². The molecule has 1 saturated heterocycles. The van der Waals surface area contributed by atoms with Gasteiger partial charge < -0.3 is 20.1 Å². The Morgan fingerprint density at radius 1 is 1.06 bits per heavy atom. The van der Waals surface area contributed by atoms with Crippen molar-refractivity contribution in [2.75, 3.05) is 13.2 Å². The summed E-state index contributed by atoms with van der Waals surface area (Å²) in [5.74, 6) is -1.03. The normalized spacial score (nSPS) is 18.0. The van der Waals surface area contributed by atoms with E-state index < -0.39 is 12.1 Å². The van der Waals surface area contributed by atoms with Crippen LogP contribution in [0.25, 0.3) is 11.1 Å². The standard InChI is InChI=1S/C27H32N2O5/c1-2-18(15-25(30)29-14-8-7-9-19(29)16-26(31)32)28-27(33)34-17-24-22-12-5-3-10-20(22)21-11-4-6-13-23(21)24/h3-6,10-13,18-19,24H,2,7-9,14-17H2,1H3,(H,28,33)(H,31,32)/t18-,19+/m1/s1. The summed E-state index contributed by atoms with van der Waals surface area (Å²) in [7, 11) is 0. The lowest BCUT2D eigenvalue weighted by Gasteiger charge is -2.36. The van der Waals surface area contributed by atoms with Crippen molar-refractivity contribution in [2.24, 2.45) is 0 Å². The number of hydrogen-bond acceptors (Lipinski definition) is 4. The Labute approximate surface area is 200 Å². The molecular formula is C27H32N2O5. The van der Waals surface area contributed by atoms with E-state index >= 15 is 0 Å². The van der Waals surface area contributed by atoms with Gasteiger partial charge in [0.05, 0.1) is 6.42 Å². The molecule has 2 aromatic rings. The van der Waals surface area contributed by atoms with E-state index in [0.717, 1.165) is 24.0 Å². The lowest BCUT2D eigenvalue weighted by molar-refractivity contribution is -0.142. The number of nitrogens with zero attached hydrogens (tertiary/aromatic N) is 1. The van der Waals surface area contributed by atoms with E-state index in [1.54, 1.807) is 4.90 Å². The van der Waals surface area contributed by atoms with Crippen LogP contribution in [0.1, 0.15) is 62.5 Å². The highest BCUT2D eigenvalue weighted by atomic mass is 16.5. The highest BCUT2D eigenvalue weighted by Crippen LogP contribution is 2.44. The van der Waals surface area contributed by atoms with Gasteiger partial charge in [-0.05, 0) is 47.9 Å². The second-order valence-corrected chi connectivity index (χ2v) is 9.11. The van der Waals surface area contributed by atoms with Crippen molar-refractivity contribution in [3.8, 4) is 11.1 Å². The lowest BCUT2D eigenvalue weighted by atomic mass is 9.98. The molecule has 1 fully saturated rings. The van der Waals surface area contributed by atoms with E-state index in [1.165, 1.54) is 11.1 Å². The number of piperidine rings is 1. The van der Waals surface area contributed by atoms with Gasteiger partial charge in [0.1, 0.15) is 6.61 Å². The van der Waals surface area contributed by atoms with Gasteiger partial charge in [-0.15, -0.1) is 0 Å². The van der Waals surface area contributed by atoms with Gasteiger partial charge in [-0.25, -0.2) is 4.79 Å². The Kier molecular flexibility index (Phi) is 7.50. The predicted molar refractivity (Wildman–Crippen MR) is 129 cm³/mol. The van der Waals surface area contributed by atoms with Crippen LogP contribution in [0, 0.1) is 0 Å². The summed E-state index contributed by atoms with van der Waals surface area (Å²) in [5.41, 5.74) is 4.63. The molecule has 2 aliphatic rings. The molecule has 34 heavy (non-hydrogen) atoms. The number of likely N-dealkylation sites (tertiary alicyclic amines) is 1. The number of alkyl carbamates (subject to hydrolysis) is 1. The Morgan fingerprint density at radius 3 is 2.32 bits per heavy atom. The fourth-order valence-electron chi connectivity index (χ4n) is 5.17. The van der Waals surface area contributed by atoms with Gasteiger partial charge in [0, 0.05) is 31.0 Å². The smallest absolute Gasteiger partial charge is 0.407 e. The molecule has 0 unspecified atom stereocenters. The molecule has 4 rings (SSSR count). The molecule has 0 aromatic heterocycles. The van der Waals surface area contributed by atoms with E-state index in [4.69, 9.17) is 4.74 Å². The summed E-state index contributed by atoms with van der Waals surface area (Å²) in [5, 5.41) is 12.0.